The first-order valence-corrected chi connectivity index (χ1v) is 10.5. The highest BCUT2D eigenvalue weighted by Gasteiger charge is 2.31. The van der Waals surface area contributed by atoms with Gasteiger partial charge in [-0.1, -0.05) is 30.3 Å². The number of likely N-dealkylation sites (N-methyl/N-ethyl adjacent to an activating group) is 2. The van der Waals surface area contributed by atoms with Crippen molar-refractivity contribution in [2.75, 3.05) is 19.0 Å². The third-order valence-corrected chi connectivity index (χ3v) is 6.58. The Morgan fingerprint density at radius 3 is 2.52 bits per heavy atom. The zero-order valence-electron chi connectivity index (χ0n) is 17.4. The van der Waals surface area contributed by atoms with Gasteiger partial charge in [0.15, 0.2) is 5.17 Å². The largest absolute Gasteiger partial charge is 0.366 e. The van der Waals surface area contributed by atoms with Crippen molar-refractivity contribution in [3.8, 4) is 0 Å². The topological polar surface area (TPSA) is 35.9 Å². The normalized spacial score (nSPS) is 21.0. The van der Waals surface area contributed by atoms with Crippen molar-refractivity contribution >= 4 is 45.9 Å². The molecule has 4 rings (SSSR count). The molecule has 2 aliphatic rings. The monoisotopic (exact) mass is 403 g/mol. The van der Waals surface area contributed by atoms with Crippen molar-refractivity contribution in [3.05, 3.63) is 70.6 Å². The summed E-state index contributed by atoms with van der Waals surface area (Å²) in [6, 6.07) is 16.1. The fraction of sp³-hybridized carbons (Fsp3) is 0.250. The van der Waals surface area contributed by atoms with E-state index in [0.29, 0.717) is 10.1 Å². The molecule has 2 heterocycles. The molecule has 0 spiro atoms. The number of carbonyl (C=O) groups is 1. The molecule has 0 N–H and O–H groups in total. The van der Waals surface area contributed by atoms with Crippen LogP contribution in [0.3, 0.4) is 0 Å². The summed E-state index contributed by atoms with van der Waals surface area (Å²) in [5.74, 6) is -0.0204. The van der Waals surface area contributed by atoms with E-state index in [9.17, 15) is 4.79 Å². The minimum Gasteiger partial charge on any atom is -0.366 e. The minimum absolute atomic E-state index is 0.0140. The molecular weight excluding hydrogens is 378 g/mol. The Hall–Kier alpha value is -2.79. The molecule has 0 saturated carbocycles. The Labute approximate surface area is 176 Å². The lowest BCUT2D eigenvalue weighted by atomic mass is 9.88. The van der Waals surface area contributed by atoms with Gasteiger partial charge >= 0.3 is 0 Å². The molecule has 2 aromatic carbocycles. The molecule has 29 heavy (non-hydrogen) atoms. The molecule has 0 bridgehead atoms. The van der Waals surface area contributed by atoms with Crippen LogP contribution >= 0.6 is 11.8 Å². The average Bonchev–Trinajstić information content (AvgIpc) is 2.95. The van der Waals surface area contributed by atoms with E-state index in [4.69, 9.17) is 0 Å². The quantitative estimate of drug-likeness (QED) is 0.617. The molecule has 5 heteroatoms. The number of nitrogens with zero attached hydrogens (tertiary/aromatic N) is 3. The molecule has 0 unspecified atom stereocenters. The van der Waals surface area contributed by atoms with E-state index < -0.39 is 0 Å². The number of allylic oxidation sites excluding steroid dienone is 1. The van der Waals surface area contributed by atoms with Crippen LogP contribution in [0.4, 0.5) is 11.4 Å². The molecule has 0 atom stereocenters. The number of amides is 1. The van der Waals surface area contributed by atoms with Gasteiger partial charge in [0.05, 0.1) is 16.1 Å². The number of hydrogen-bond donors (Lipinski definition) is 0. The number of amidine groups is 1. The first kappa shape index (κ1) is 19.5. The molecule has 0 aromatic heterocycles. The van der Waals surface area contributed by atoms with E-state index in [1.807, 2.05) is 36.4 Å². The van der Waals surface area contributed by atoms with E-state index in [-0.39, 0.29) is 11.4 Å². The summed E-state index contributed by atoms with van der Waals surface area (Å²) in [5.41, 5.74) is 5.54. The maximum atomic E-state index is 12.7. The molecule has 148 valence electrons. The number of para-hydroxylation sites is 1. The smallest absolute Gasteiger partial charge is 0.266 e. The van der Waals surface area contributed by atoms with E-state index in [0.717, 1.165) is 11.3 Å². The summed E-state index contributed by atoms with van der Waals surface area (Å²) in [5, 5.41) is 0.697. The van der Waals surface area contributed by atoms with E-state index in [1.54, 1.807) is 11.9 Å². The lowest BCUT2D eigenvalue weighted by Crippen LogP contribution is -2.42. The van der Waals surface area contributed by atoms with E-state index in [2.05, 4.69) is 62.0 Å². The van der Waals surface area contributed by atoms with E-state index in [1.165, 1.54) is 28.6 Å². The van der Waals surface area contributed by atoms with Gasteiger partial charge in [-0.05, 0) is 74.0 Å². The summed E-state index contributed by atoms with van der Waals surface area (Å²) in [7, 11) is 3.90. The standard InChI is InChI=1S/C24H25N3OS/c1-16-15-24(2,3)27(5)20-12-11-17(13-19(16)20)14-21-22(28)26(4)23(29-21)25-18-9-7-6-8-10-18/h6-15H,1-5H3/b21-14-,25-23?. The highest BCUT2D eigenvalue weighted by Crippen LogP contribution is 2.39. The Bertz CT molecular complexity index is 1070. The number of hydrogen-bond acceptors (Lipinski definition) is 4. The molecular formula is C24H25N3OS. The first-order chi connectivity index (χ1) is 13.8. The van der Waals surface area contributed by atoms with Crippen molar-refractivity contribution < 1.29 is 4.79 Å². The molecule has 2 aromatic rings. The third-order valence-electron chi connectivity index (χ3n) is 5.52. The van der Waals surface area contributed by atoms with Gasteiger partial charge in [0.25, 0.3) is 5.91 Å². The zero-order valence-corrected chi connectivity index (χ0v) is 18.2. The Morgan fingerprint density at radius 1 is 1.07 bits per heavy atom. The van der Waals surface area contributed by atoms with Crippen LogP contribution in [0.5, 0.6) is 0 Å². The van der Waals surface area contributed by atoms with Crippen molar-refractivity contribution in [3.63, 3.8) is 0 Å². The Kier molecular flexibility index (Phi) is 4.87. The summed E-state index contributed by atoms with van der Waals surface area (Å²) < 4.78 is 0. The average molecular weight is 404 g/mol. The predicted octanol–water partition coefficient (Wildman–Crippen LogP) is 5.55. The Morgan fingerprint density at radius 2 is 1.79 bits per heavy atom. The number of rotatable bonds is 2. The lowest BCUT2D eigenvalue weighted by molar-refractivity contribution is -0.121. The number of carbonyl (C=O) groups excluding carboxylic acids is 1. The van der Waals surface area contributed by atoms with Crippen LogP contribution in [0.25, 0.3) is 11.6 Å². The second kappa shape index (κ2) is 7.23. The van der Waals surface area contributed by atoms with Gasteiger partial charge in [-0.3, -0.25) is 9.69 Å². The van der Waals surface area contributed by atoms with Gasteiger partial charge in [0.1, 0.15) is 0 Å². The maximum absolute atomic E-state index is 12.7. The first-order valence-electron chi connectivity index (χ1n) is 9.65. The van der Waals surface area contributed by atoms with Gasteiger partial charge < -0.3 is 4.90 Å². The zero-order chi connectivity index (χ0) is 20.8. The fourth-order valence-electron chi connectivity index (χ4n) is 3.68. The van der Waals surface area contributed by atoms with Crippen molar-refractivity contribution in [2.45, 2.75) is 26.3 Å². The van der Waals surface area contributed by atoms with Crippen LogP contribution in [0.15, 0.2) is 64.5 Å². The third kappa shape index (κ3) is 3.62. The van der Waals surface area contributed by atoms with Crippen molar-refractivity contribution in [1.29, 1.82) is 0 Å². The summed E-state index contributed by atoms with van der Waals surface area (Å²) >= 11 is 1.42. The van der Waals surface area contributed by atoms with E-state index >= 15 is 0 Å². The molecule has 1 amide bonds. The van der Waals surface area contributed by atoms with Crippen LogP contribution in [0, 0.1) is 0 Å². The number of thioether (sulfide) groups is 1. The van der Waals surface area contributed by atoms with Gasteiger partial charge in [-0.25, -0.2) is 4.99 Å². The SMILES string of the molecule is CC1=CC(C)(C)N(C)c2ccc(/C=C3\SC(=Nc4ccccc4)N(C)C3=O)cc21. The van der Waals surface area contributed by atoms with Crippen molar-refractivity contribution in [1.82, 2.24) is 4.90 Å². The van der Waals surface area contributed by atoms with Crippen LogP contribution in [-0.2, 0) is 4.79 Å². The molecule has 0 aliphatic carbocycles. The second-order valence-electron chi connectivity index (χ2n) is 8.02. The second-order valence-corrected chi connectivity index (χ2v) is 9.03. The number of benzene rings is 2. The fourth-order valence-corrected chi connectivity index (χ4v) is 4.67. The summed E-state index contributed by atoms with van der Waals surface area (Å²) in [6.45, 7) is 6.58. The van der Waals surface area contributed by atoms with Crippen LogP contribution in [0.1, 0.15) is 31.9 Å². The highest BCUT2D eigenvalue weighted by molar-refractivity contribution is 8.18. The number of fused-ring (bicyclic) bond motifs is 1. The van der Waals surface area contributed by atoms with Crippen molar-refractivity contribution in [2.24, 2.45) is 4.99 Å². The molecule has 0 radical (unpaired) electrons. The predicted molar refractivity (Wildman–Crippen MR) is 124 cm³/mol. The minimum atomic E-state index is -0.0204. The summed E-state index contributed by atoms with van der Waals surface area (Å²) in [6.07, 6.45) is 4.25. The number of aliphatic imine (C=N–C) groups is 1. The molecule has 1 saturated heterocycles. The van der Waals surface area contributed by atoms with Crippen LogP contribution in [-0.4, -0.2) is 35.6 Å². The molecule has 2 aliphatic heterocycles. The lowest BCUT2D eigenvalue weighted by Gasteiger charge is -2.40. The van der Waals surface area contributed by atoms with Crippen LogP contribution in [0.2, 0.25) is 0 Å². The van der Waals surface area contributed by atoms with Gasteiger partial charge in [0, 0.05) is 25.3 Å². The van der Waals surface area contributed by atoms with Crippen LogP contribution < -0.4 is 4.90 Å². The summed E-state index contributed by atoms with van der Waals surface area (Å²) in [4.78, 5) is 21.9. The Balaban J connectivity index is 1.66. The number of anilines is 1. The molecule has 4 nitrogen and oxygen atoms in total. The van der Waals surface area contributed by atoms with Gasteiger partial charge in [-0.15, -0.1) is 0 Å². The highest BCUT2D eigenvalue weighted by atomic mass is 32.2. The molecule has 1 fully saturated rings. The van der Waals surface area contributed by atoms with Gasteiger partial charge in [-0.2, -0.15) is 0 Å². The van der Waals surface area contributed by atoms with Gasteiger partial charge in [0.2, 0.25) is 0 Å². The maximum Gasteiger partial charge on any atom is 0.266 e.